The number of nitrogens with one attached hydrogen (secondary N) is 1. The standard InChI is InChI=1S/C20H18N8O/c1-5-22-20(23-6-1)27-19-15-12-14(2-3-16(15)24-13-25-19)18-21-7-4-17(26-18)28-8-10-29-11-9-28/h1-7,12-13H,8-11H2,(H,22,23,24,25,27). The fraction of sp³-hybridized carbons (Fsp3) is 0.200. The lowest BCUT2D eigenvalue weighted by molar-refractivity contribution is 0.122. The Bertz CT molecular complexity index is 1130. The third-order valence-corrected chi connectivity index (χ3v) is 4.67. The highest BCUT2D eigenvalue weighted by molar-refractivity contribution is 5.92. The van der Waals surface area contributed by atoms with Gasteiger partial charge in [-0.25, -0.2) is 29.9 Å². The van der Waals surface area contributed by atoms with Crippen LogP contribution in [0.3, 0.4) is 0 Å². The largest absolute Gasteiger partial charge is 0.378 e. The molecular weight excluding hydrogens is 368 g/mol. The zero-order valence-corrected chi connectivity index (χ0v) is 15.6. The SMILES string of the molecule is c1cnc(Nc2ncnc3ccc(-c4nccc(N5CCOCC5)n4)cc23)nc1. The number of ether oxygens (including phenoxy) is 1. The van der Waals surface area contributed by atoms with Crippen LogP contribution in [0.5, 0.6) is 0 Å². The van der Waals surface area contributed by atoms with Gasteiger partial charge >= 0.3 is 0 Å². The van der Waals surface area contributed by atoms with Crippen LogP contribution in [0.25, 0.3) is 22.3 Å². The van der Waals surface area contributed by atoms with Gasteiger partial charge in [-0.3, -0.25) is 0 Å². The lowest BCUT2D eigenvalue weighted by Crippen LogP contribution is -2.36. The summed E-state index contributed by atoms with van der Waals surface area (Å²) < 4.78 is 5.43. The number of rotatable bonds is 4. The van der Waals surface area contributed by atoms with Gasteiger partial charge in [-0.2, -0.15) is 0 Å². The maximum Gasteiger partial charge on any atom is 0.228 e. The summed E-state index contributed by atoms with van der Waals surface area (Å²) in [5.41, 5.74) is 1.70. The Hall–Kier alpha value is -3.72. The van der Waals surface area contributed by atoms with Gasteiger partial charge in [-0.05, 0) is 30.3 Å². The molecule has 29 heavy (non-hydrogen) atoms. The number of aromatic nitrogens is 6. The van der Waals surface area contributed by atoms with E-state index in [-0.39, 0.29) is 0 Å². The monoisotopic (exact) mass is 386 g/mol. The van der Waals surface area contributed by atoms with Crippen molar-refractivity contribution in [2.45, 2.75) is 0 Å². The van der Waals surface area contributed by atoms with Gasteiger partial charge in [0.25, 0.3) is 0 Å². The van der Waals surface area contributed by atoms with E-state index in [1.165, 1.54) is 6.33 Å². The van der Waals surface area contributed by atoms with Gasteiger partial charge in [0.1, 0.15) is 18.0 Å². The number of benzene rings is 1. The summed E-state index contributed by atoms with van der Waals surface area (Å²) in [4.78, 5) is 28.6. The molecule has 4 heterocycles. The van der Waals surface area contributed by atoms with Crippen LogP contribution in [0.2, 0.25) is 0 Å². The van der Waals surface area contributed by atoms with Gasteiger partial charge in [0.15, 0.2) is 5.82 Å². The Morgan fingerprint density at radius 2 is 1.76 bits per heavy atom. The number of hydrogen-bond donors (Lipinski definition) is 1. The first kappa shape index (κ1) is 17.4. The molecule has 1 saturated heterocycles. The van der Waals surface area contributed by atoms with Crippen molar-refractivity contribution in [2.24, 2.45) is 0 Å². The van der Waals surface area contributed by atoms with Crippen LogP contribution in [-0.4, -0.2) is 56.2 Å². The highest BCUT2D eigenvalue weighted by atomic mass is 16.5. The van der Waals surface area contributed by atoms with Crippen molar-refractivity contribution in [1.82, 2.24) is 29.9 Å². The van der Waals surface area contributed by atoms with Crippen LogP contribution in [0.1, 0.15) is 0 Å². The molecule has 144 valence electrons. The fourth-order valence-electron chi connectivity index (χ4n) is 3.22. The van der Waals surface area contributed by atoms with Crippen molar-refractivity contribution in [3.8, 4) is 11.4 Å². The molecule has 1 aliphatic heterocycles. The van der Waals surface area contributed by atoms with Gasteiger partial charge in [-0.15, -0.1) is 0 Å². The molecule has 0 aliphatic carbocycles. The van der Waals surface area contributed by atoms with E-state index in [1.807, 2.05) is 24.3 Å². The second-order valence-corrected chi connectivity index (χ2v) is 6.49. The summed E-state index contributed by atoms with van der Waals surface area (Å²) in [5.74, 6) is 2.66. The predicted octanol–water partition coefficient (Wildman–Crippen LogP) is 2.46. The third kappa shape index (κ3) is 3.67. The quantitative estimate of drug-likeness (QED) is 0.566. The van der Waals surface area contributed by atoms with Crippen molar-refractivity contribution < 1.29 is 4.74 Å². The predicted molar refractivity (Wildman–Crippen MR) is 109 cm³/mol. The number of hydrogen-bond acceptors (Lipinski definition) is 9. The van der Waals surface area contributed by atoms with Crippen LogP contribution in [-0.2, 0) is 4.74 Å². The summed E-state index contributed by atoms with van der Waals surface area (Å²) in [7, 11) is 0. The summed E-state index contributed by atoms with van der Waals surface area (Å²) in [5, 5.41) is 4.00. The van der Waals surface area contributed by atoms with E-state index in [2.05, 4.69) is 35.1 Å². The number of fused-ring (bicyclic) bond motifs is 1. The minimum Gasteiger partial charge on any atom is -0.378 e. The highest BCUT2D eigenvalue weighted by Gasteiger charge is 2.14. The maximum atomic E-state index is 5.43. The van der Waals surface area contributed by atoms with E-state index < -0.39 is 0 Å². The molecule has 1 aromatic carbocycles. The second-order valence-electron chi connectivity index (χ2n) is 6.49. The van der Waals surface area contributed by atoms with Crippen molar-refractivity contribution >= 4 is 28.5 Å². The average molecular weight is 386 g/mol. The van der Waals surface area contributed by atoms with Crippen LogP contribution in [0, 0.1) is 0 Å². The Labute approximate surface area is 166 Å². The van der Waals surface area contributed by atoms with E-state index in [4.69, 9.17) is 9.72 Å². The smallest absolute Gasteiger partial charge is 0.228 e. The molecule has 4 aromatic rings. The summed E-state index contributed by atoms with van der Waals surface area (Å²) in [6.07, 6.45) is 6.66. The van der Waals surface area contributed by atoms with Gasteiger partial charge in [0, 0.05) is 42.6 Å². The Morgan fingerprint density at radius 3 is 2.62 bits per heavy atom. The maximum absolute atomic E-state index is 5.43. The molecule has 1 N–H and O–H groups in total. The molecule has 0 amide bonds. The molecule has 0 radical (unpaired) electrons. The zero-order chi connectivity index (χ0) is 19.5. The molecular formula is C20H18N8O. The third-order valence-electron chi connectivity index (χ3n) is 4.67. The minimum absolute atomic E-state index is 0.475. The van der Waals surface area contributed by atoms with Crippen LogP contribution < -0.4 is 10.2 Å². The molecule has 0 spiro atoms. The van der Waals surface area contributed by atoms with Crippen molar-refractivity contribution in [2.75, 3.05) is 36.5 Å². The number of anilines is 3. The van der Waals surface area contributed by atoms with Crippen molar-refractivity contribution in [3.05, 3.63) is 55.2 Å². The topological polar surface area (TPSA) is 102 Å². The molecule has 9 heteroatoms. The Balaban J connectivity index is 1.52. The first-order chi connectivity index (χ1) is 14.4. The van der Waals surface area contributed by atoms with Crippen molar-refractivity contribution in [3.63, 3.8) is 0 Å². The van der Waals surface area contributed by atoms with E-state index in [9.17, 15) is 0 Å². The molecule has 1 fully saturated rings. The van der Waals surface area contributed by atoms with Gasteiger partial charge < -0.3 is 15.0 Å². The Morgan fingerprint density at radius 1 is 0.897 bits per heavy atom. The summed E-state index contributed by atoms with van der Waals surface area (Å²) in [6, 6.07) is 9.59. The molecule has 1 aliphatic rings. The lowest BCUT2D eigenvalue weighted by Gasteiger charge is -2.27. The molecule has 0 atom stereocenters. The molecule has 0 bridgehead atoms. The first-order valence-electron chi connectivity index (χ1n) is 9.32. The van der Waals surface area contributed by atoms with Crippen LogP contribution >= 0.6 is 0 Å². The van der Waals surface area contributed by atoms with Gasteiger partial charge in [-0.1, -0.05) is 0 Å². The molecule has 5 rings (SSSR count). The number of nitrogens with zero attached hydrogens (tertiary/aromatic N) is 7. The summed E-state index contributed by atoms with van der Waals surface area (Å²) in [6.45, 7) is 3.08. The van der Waals surface area contributed by atoms with E-state index in [0.29, 0.717) is 30.8 Å². The zero-order valence-electron chi connectivity index (χ0n) is 15.6. The van der Waals surface area contributed by atoms with Crippen LogP contribution in [0.4, 0.5) is 17.6 Å². The molecule has 0 unspecified atom stereocenters. The fourth-order valence-corrected chi connectivity index (χ4v) is 3.22. The molecule has 3 aromatic heterocycles. The van der Waals surface area contributed by atoms with E-state index >= 15 is 0 Å². The van der Waals surface area contributed by atoms with Gasteiger partial charge in [0.2, 0.25) is 5.95 Å². The minimum atomic E-state index is 0.475. The van der Waals surface area contributed by atoms with Gasteiger partial charge in [0.05, 0.1) is 18.7 Å². The molecule has 0 saturated carbocycles. The Kier molecular flexibility index (Phi) is 4.63. The summed E-state index contributed by atoms with van der Waals surface area (Å²) >= 11 is 0. The highest BCUT2D eigenvalue weighted by Crippen LogP contribution is 2.27. The molecule has 9 nitrogen and oxygen atoms in total. The lowest BCUT2D eigenvalue weighted by atomic mass is 10.1. The van der Waals surface area contributed by atoms with Crippen LogP contribution in [0.15, 0.2) is 55.2 Å². The normalized spacial score (nSPS) is 14.1. The average Bonchev–Trinajstić information content (AvgIpc) is 2.80. The van der Waals surface area contributed by atoms with Crippen molar-refractivity contribution in [1.29, 1.82) is 0 Å². The number of morpholine rings is 1. The first-order valence-corrected chi connectivity index (χ1v) is 9.32. The van der Waals surface area contributed by atoms with E-state index in [0.717, 1.165) is 35.4 Å². The second kappa shape index (κ2) is 7.72. The van der Waals surface area contributed by atoms with E-state index in [1.54, 1.807) is 24.7 Å².